The lowest BCUT2D eigenvalue weighted by molar-refractivity contribution is -0.170. The summed E-state index contributed by atoms with van der Waals surface area (Å²) in [5, 5.41) is 1.98. The molecule has 0 unspecified atom stereocenters. The molecule has 4 nitrogen and oxygen atoms in total. The van der Waals surface area contributed by atoms with Gasteiger partial charge in [-0.05, 0) is 12.8 Å². The van der Waals surface area contributed by atoms with Crippen LogP contribution in [0.25, 0.3) is 0 Å². The van der Waals surface area contributed by atoms with E-state index in [1.54, 1.807) is 0 Å². The van der Waals surface area contributed by atoms with E-state index in [0.717, 1.165) is 19.4 Å². The van der Waals surface area contributed by atoms with Gasteiger partial charge in [0.05, 0.1) is 13.2 Å². The maximum atomic E-state index is 11.8. The molecule has 92 valence electrons. The molecule has 0 aromatic rings. The first-order valence-corrected chi connectivity index (χ1v) is 6.72. The number of carbonyl (C=O) groups is 1. The smallest absolute Gasteiger partial charge is 0.313 e. The summed E-state index contributed by atoms with van der Waals surface area (Å²) in [5.74, 6) is -0.301. The number of esters is 1. The second-order valence-corrected chi connectivity index (χ2v) is 5.94. The second-order valence-electron chi connectivity index (χ2n) is 4.50. The molecule has 0 amide bonds. The molecule has 0 bridgehead atoms. The van der Waals surface area contributed by atoms with Crippen LogP contribution >= 0.6 is 15.9 Å². The molecule has 2 fully saturated rings. The van der Waals surface area contributed by atoms with Crippen molar-refractivity contribution in [3.8, 4) is 0 Å². The first-order chi connectivity index (χ1) is 7.65. The standard InChI is InChI=1S/C11H18BrNO3/c1-7(12)10-9(11(14)15-2)8-5-3-4-6-13(8)16-10/h7-10H,3-6H2,1-2H3/t7-,8-,9-,10+/m1/s1. The number of hydroxylamine groups is 2. The lowest BCUT2D eigenvalue weighted by Crippen LogP contribution is -2.40. The summed E-state index contributed by atoms with van der Waals surface area (Å²) in [4.78, 5) is 17.8. The number of halogens is 1. The summed E-state index contributed by atoms with van der Waals surface area (Å²) in [6, 6.07) is 0.200. The first kappa shape index (κ1) is 12.3. The van der Waals surface area contributed by atoms with E-state index >= 15 is 0 Å². The fourth-order valence-electron chi connectivity index (χ4n) is 2.66. The van der Waals surface area contributed by atoms with E-state index in [0.29, 0.717) is 0 Å². The number of rotatable bonds is 2. The largest absolute Gasteiger partial charge is 0.469 e. The van der Waals surface area contributed by atoms with Crippen molar-refractivity contribution in [2.75, 3.05) is 13.7 Å². The SMILES string of the molecule is COC(=O)[C@H]1[C@H]([C@@H](C)Br)ON2CCCC[C@H]12. The molecule has 0 aliphatic carbocycles. The van der Waals surface area contributed by atoms with E-state index in [1.165, 1.54) is 13.5 Å². The van der Waals surface area contributed by atoms with Gasteiger partial charge < -0.3 is 4.74 Å². The van der Waals surface area contributed by atoms with Crippen molar-refractivity contribution < 1.29 is 14.4 Å². The van der Waals surface area contributed by atoms with Crippen molar-refractivity contribution in [3.05, 3.63) is 0 Å². The molecule has 2 rings (SSSR count). The minimum atomic E-state index is -0.153. The van der Waals surface area contributed by atoms with Crippen LogP contribution in [0.5, 0.6) is 0 Å². The fraction of sp³-hybridized carbons (Fsp3) is 0.909. The molecule has 0 N–H and O–H groups in total. The van der Waals surface area contributed by atoms with Crippen molar-refractivity contribution >= 4 is 21.9 Å². The van der Waals surface area contributed by atoms with Gasteiger partial charge in [0, 0.05) is 11.4 Å². The van der Waals surface area contributed by atoms with Crippen LogP contribution in [0.15, 0.2) is 0 Å². The van der Waals surface area contributed by atoms with Gasteiger partial charge in [0.1, 0.15) is 12.0 Å². The van der Waals surface area contributed by atoms with E-state index in [2.05, 4.69) is 15.9 Å². The summed E-state index contributed by atoms with van der Waals surface area (Å²) in [6.07, 6.45) is 3.24. The van der Waals surface area contributed by atoms with Gasteiger partial charge in [-0.25, -0.2) is 0 Å². The Kier molecular flexibility index (Phi) is 3.87. The van der Waals surface area contributed by atoms with Gasteiger partial charge in [0.25, 0.3) is 0 Å². The van der Waals surface area contributed by atoms with Crippen LogP contribution in [0.3, 0.4) is 0 Å². The monoisotopic (exact) mass is 291 g/mol. The molecule has 16 heavy (non-hydrogen) atoms. The molecular formula is C11H18BrNO3. The molecule has 0 spiro atoms. The molecular weight excluding hydrogens is 274 g/mol. The number of piperidine rings is 1. The predicted molar refractivity (Wildman–Crippen MR) is 63.1 cm³/mol. The van der Waals surface area contributed by atoms with Crippen LogP contribution in [0.4, 0.5) is 0 Å². The van der Waals surface area contributed by atoms with Crippen LogP contribution in [-0.4, -0.2) is 41.7 Å². The fourth-order valence-corrected chi connectivity index (χ4v) is 3.08. The first-order valence-electron chi connectivity index (χ1n) is 5.80. The Morgan fingerprint density at radius 1 is 1.56 bits per heavy atom. The molecule has 0 aromatic heterocycles. The second kappa shape index (κ2) is 5.02. The normalized spacial score (nSPS) is 36.8. The van der Waals surface area contributed by atoms with Gasteiger partial charge in [-0.15, -0.1) is 0 Å². The number of hydrogen-bond acceptors (Lipinski definition) is 4. The van der Waals surface area contributed by atoms with Crippen molar-refractivity contribution in [2.45, 2.75) is 43.2 Å². The maximum Gasteiger partial charge on any atom is 0.313 e. The molecule has 5 heteroatoms. The third kappa shape index (κ3) is 2.13. The highest BCUT2D eigenvalue weighted by Gasteiger charge is 2.50. The Balaban J connectivity index is 2.17. The molecule has 0 aromatic carbocycles. The number of alkyl halides is 1. The Labute approximate surface area is 104 Å². The Hall–Kier alpha value is -0.130. The van der Waals surface area contributed by atoms with Crippen molar-refractivity contribution in [1.29, 1.82) is 0 Å². The van der Waals surface area contributed by atoms with E-state index in [9.17, 15) is 4.79 Å². The Bertz CT molecular complexity index is 270. The average Bonchev–Trinajstić information content (AvgIpc) is 2.67. The van der Waals surface area contributed by atoms with Crippen molar-refractivity contribution in [1.82, 2.24) is 5.06 Å². The van der Waals surface area contributed by atoms with Crippen LogP contribution in [0, 0.1) is 5.92 Å². The third-order valence-corrected chi connectivity index (χ3v) is 3.97. The van der Waals surface area contributed by atoms with E-state index in [-0.39, 0.29) is 28.9 Å². The zero-order valence-corrected chi connectivity index (χ0v) is 11.3. The quantitative estimate of drug-likeness (QED) is 0.574. The molecule has 0 radical (unpaired) electrons. The molecule has 2 heterocycles. The Morgan fingerprint density at radius 3 is 2.94 bits per heavy atom. The minimum Gasteiger partial charge on any atom is -0.469 e. The van der Waals surface area contributed by atoms with Gasteiger partial charge in [0.2, 0.25) is 0 Å². The third-order valence-electron chi connectivity index (χ3n) is 3.45. The summed E-state index contributed by atoms with van der Waals surface area (Å²) in [6.45, 7) is 2.94. The van der Waals surface area contributed by atoms with E-state index < -0.39 is 0 Å². The molecule has 0 saturated carbocycles. The van der Waals surface area contributed by atoms with Crippen LogP contribution in [0.2, 0.25) is 0 Å². The van der Waals surface area contributed by atoms with Gasteiger partial charge in [-0.1, -0.05) is 29.3 Å². The number of ether oxygens (including phenoxy) is 1. The molecule has 2 saturated heterocycles. The summed E-state index contributed by atoms with van der Waals surface area (Å²) in [5.41, 5.74) is 0. The Morgan fingerprint density at radius 2 is 2.31 bits per heavy atom. The minimum absolute atomic E-state index is 0.101. The van der Waals surface area contributed by atoms with Gasteiger partial charge in [-0.2, -0.15) is 5.06 Å². The van der Waals surface area contributed by atoms with E-state index in [4.69, 9.17) is 9.57 Å². The van der Waals surface area contributed by atoms with Crippen molar-refractivity contribution in [3.63, 3.8) is 0 Å². The highest BCUT2D eigenvalue weighted by Crippen LogP contribution is 2.37. The van der Waals surface area contributed by atoms with Gasteiger partial charge in [-0.3, -0.25) is 9.63 Å². The highest BCUT2D eigenvalue weighted by atomic mass is 79.9. The van der Waals surface area contributed by atoms with E-state index in [1.807, 2.05) is 12.0 Å². The molecule has 2 aliphatic rings. The summed E-state index contributed by atoms with van der Waals surface area (Å²) < 4.78 is 4.90. The zero-order valence-electron chi connectivity index (χ0n) is 9.69. The summed E-state index contributed by atoms with van der Waals surface area (Å²) >= 11 is 3.51. The van der Waals surface area contributed by atoms with Crippen LogP contribution < -0.4 is 0 Å². The molecule has 2 aliphatic heterocycles. The number of methoxy groups -OCH3 is 1. The highest BCUT2D eigenvalue weighted by molar-refractivity contribution is 9.09. The number of nitrogens with zero attached hydrogens (tertiary/aromatic N) is 1. The van der Waals surface area contributed by atoms with Crippen LogP contribution in [-0.2, 0) is 14.4 Å². The maximum absolute atomic E-state index is 11.8. The van der Waals surface area contributed by atoms with Gasteiger partial charge in [0.15, 0.2) is 0 Å². The van der Waals surface area contributed by atoms with Crippen molar-refractivity contribution in [2.24, 2.45) is 5.92 Å². The lowest BCUT2D eigenvalue weighted by atomic mass is 9.88. The molecule has 4 atom stereocenters. The number of fused-ring (bicyclic) bond motifs is 1. The zero-order chi connectivity index (χ0) is 11.7. The number of hydrogen-bond donors (Lipinski definition) is 0. The topological polar surface area (TPSA) is 38.8 Å². The van der Waals surface area contributed by atoms with Crippen LogP contribution in [0.1, 0.15) is 26.2 Å². The number of carbonyl (C=O) groups excluding carboxylic acids is 1. The summed E-state index contributed by atoms with van der Waals surface area (Å²) in [7, 11) is 1.45. The van der Waals surface area contributed by atoms with Gasteiger partial charge >= 0.3 is 5.97 Å². The predicted octanol–water partition coefficient (Wildman–Crippen LogP) is 1.73. The lowest BCUT2D eigenvalue weighted by Gasteiger charge is -2.28. The average molecular weight is 292 g/mol.